The molecule has 0 fully saturated rings. The van der Waals surface area contributed by atoms with Gasteiger partial charge >= 0.3 is 0 Å². The van der Waals surface area contributed by atoms with Crippen LogP contribution in [0.2, 0.25) is 0 Å². The summed E-state index contributed by atoms with van der Waals surface area (Å²) in [4.78, 5) is 3.86. The van der Waals surface area contributed by atoms with E-state index < -0.39 is 0 Å². The highest BCUT2D eigenvalue weighted by Crippen LogP contribution is 2.45. The summed E-state index contributed by atoms with van der Waals surface area (Å²) in [5.41, 5.74) is 30.9. The Bertz CT molecular complexity index is 8520. The number of para-hydroxylation sites is 12. The molecule has 0 aliphatic carbocycles. The molecule has 0 bridgehead atoms. The third kappa shape index (κ3) is 12.6. The van der Waals surface area contributed by atoms with Crippen LogP contribution in [0.1, 0.15) is 16.7 Å². The summed E-state index contributed by atoms with van der Waals surface area (Å²) in [7, 11) is 0. The first-order valence-electron chi connectivity index (χ1n) is 42.7. The first-order chi connectivity index (χ1) is 63.3. The number of hydrogen-bond acceptors (Lipinski definition) is 3. The van der Waals surface area contributed by atoms with Gasteiger partial charge in [-0.15, -0.1) is 0 Å². The van der Waals surface area contributed by atoms with Crippen LogP contribution in [-0.2, 0) is 0 Å². The molecule has 594 valence electrons. The predicted octanol–water partition coefficient (Wildman–Crippen LogP) is 30.5. The van der Waals surface area contributed by atoms with Crippen LogP contribution >= 0.6 is 0 Å². The van der Waals surface area contributed by atoms with Gasteiger partial charge in [-0.25, -0.2) is 4.85 Å². The van der Waals surface area contributed by atoms with E-state index in [0.717, 1.165) is 111 Å². The van der Waals surface area contributed by atoms with Gasteiger partial charge in [0, 0.05) is 98.8 Å². The van der Waals surface area contributed by atoms with Crippen molar-refractivity contribution >= 4 is 137 Å². The fourth-order valence-corrected chi connectivity index (χ4v) is 19.6. The molecule has 0 N–H and O–H groups in total. The van der Waals surface area contributed by atoms with E-state index in [1.54, 1.807) is 0 Å². The van der Waals surface area contributed by atoms with Gasteiger partial charge in [-0.05, 0) is 214 Å². The predicted molar refractivity (Wildman–Crippen MR) is 528 cm³/mol. The molecule has 19 aromatic carbocycles. The molecule has 6 aromatic heterocycles. The molecular weight excluding hydrogens is 1560 g/mol. The Morgan fingerprint density at radius 3 is 0.680 bits per heavy atom. The molecule has 10 nitrogen and oxygen atoms in total. The summed E-state index contributed by atoms with van der Waals surface area (Å²) in [6.45, 7) is 7.88. The molecule has 0 spiro atoms. The normalized spacial score (nSPS) is 11.4. The molecule has 10 heteroatoms. The first-order valence-corrected chi connectivity index (χ1v) is 42.7. The lowest BCUT2D eigenvalue weighted by Gasteiger charge is -2.16. The summed E-state index contributed by atoms with van der Waals surface area (Å²) in [6.07, 6.45) is 0. The number of rotatable bonds is 10. The van der Waals surface area contributed by atoms with Crippen LogP contribution in [0.5, 0.6) is 0 Å². The molecule has 0 saturated carbocycles. The van der Waals surface area contributed by atoms with Crippen molar-refractivity contribution in [3.05, 3.63) is 465 Å². The van der Waals surface area contributed by atoms with Gasteiger partial charge in [0.2, 0.25) is 0 Å². The summed E-state index contributed by atoms with van der Waals surface area (Å²) >= 11 is 0. The van der Waals surface area contributed by atoms with E-state index in [9.17, 15) is 15.8 Å². The maximum Gasteiger partial charge on any atom is 0.194 e. The third-order valence-electron chi connectivity index (χ3n) is 25.1. The van der Waals surface area contributed by atoms with Crippen molar-refractivity contribution in [3.63, 3.8) is 0 Å². The highest BCUT2D eigenvalue weighted by atomic mass is 15.0. The highest BCUT2D eigenvalue weighted by molar-refractivity contribution is 6.15. The number of benzene rings is 19. The molecule has 0 amide bonds. The van der Waals surface area contributed by atoms with Crippen LogP contribution in [0.25, 0.3) is 214 Å². The summed E-state index contributed by atoms with van der Waals surface area (Å²) < 4.78 is 14.1. The number of aromatic nitrogens is 6. The van der Waals surface area contributed by atoms with E-state index in [1.807, 2.05) is 84.9 Å². The lowest BCUT2D eigenvalue weighted by Crippen LogP contribution is -2.00. The second kappa shape index (κ2) is 31.1. The van der Waals surface area contributed by atoms with Gasteiger partial charge in [0.05, 0.1) is 108 Å². The Morgan fingerprint density at radius 1 is 0.172 bits per heavy atom. The average molecular weight is 1630 g/mol. The van der Waals surface area contributed by atoms with E-state index in [2.05, 4.69) is 402 Å². The molecule has 0 aliphatic rings. The monoisotopic (exact) mass is 1630 g/mol. The standard InChI is InChI=1S/C43H27N3.C38H22N4.C37H23N3/c44-28-29-11-9-12-30(23-29)31-13-10-14-32(24-31)33-25-34(45-40-19-5-1-15-36(40)37-16-2-6-20-41(37)45)27-35(26-33)46-42-21-7-3-17-38(42)39-18-4-8-22-43(39)46;1-40-34-14-6-2-10-29(34)26-21-27(41-35-15-7-3-11-30(35)31-12-4-8-16-36(31)41)23-28(22-26)42-37-17-9-5-13-32(37)33-20-25(24-39)18-19-38(33)42;38-24-25-10-9-11-26(20-25)27-21-28(39-34-16-5-1-12-30(34)31-13-2-6-17-35(31)39)23-29(22-27)40-36-18-7-3-14-32(36)33-15-4-8-19-37(33)40/h1-27H;2-23H;1-23H. The molecule has 128 heavy (non-hydrogen) atoms. The van der Waals surface area contributed by atoms with Gasteiger partial charge in [0.15, 0.2) is 5.69 Å². The Morgan fingerprint density at radius 2 is 0.391 bits per heavy atom. The molecule has 0 unspecified atom stereocenters. The molecule has 25 aromatic rings. The van der Waals surface area contributed by atoms with Gasteiger partial charge in [-0.1, -0.05) is 267 Å². The second-order valence-electron chi connectivity index (χ2n) is 32.4. The van der Waals surface area contributed by atoms with Crippen molar-refractivity contribution < 1.29 is 0 Å². The Kier molecular flexibility index (Phi) is 18.2. The van der Waals surface area contributed by atoms with Crippen LogP contribution in [0.4, 0.5) is 5.69 Å². The fraction of sp³-hybridized carbons (Fsp3) is 0. The minimum Gasteiger partial charge on any atom is -0.309 e. The SMILES string of the molecule is N#Cc1cccc(-c2cc(-n3c4ccccc4c4ccccc43)cc(-n3c4ccccc4c4ccccc43)c2)c1.N#Cc1cccc(-c2cccc(-c3cc(-n4c5ccccc5c5ccccc54)cc(-n4c5ccccc5c5ccccc54)c3)c2)c1.[C-]#[N+]c1ccccc1-c1cc(-n2c3ccccc3c3ccccc32)cc(-n2c3ccccc3c3cc(C#N)ccc32)c1. The van der Waals surface area contributed by atoms with E-state index in [0.29, 0.717) is 22.4 Å². The molecule has 6 heterocycles. The summed E-state index contributed by atoms with van der Waals surface area (Å²) in [5.74, 6) is 0. The van der Waals surface area contributed by atoms with Crippen LogP contribution < -0.4 is 0 Å². The number of hydrogen-bond donors (Lipinski definition) is 0. The number of fused-ring (bicyclic) bond motifs is 18. The van der Waals surface area contributed by atoms with Crippen LogP contribution in [-0.4, -0.2) is 27.4 Å². The van der Waals surface area contributed by atoms with E-state index in [4.69, 9.17) is 6.57 Å². The van der Waals surface area contributed by atoms with Gasteiger partial charge < -0.3 is 27.4 Å². The lowest BCUT2D eigenvalue weighted by atomic mass is 9.97. The lowest BCUT2D eigenvalue weighted by molar-refractivity contribution is 1.13. The van der Waals surface area contributed by atoms with E-state index >= 15 is 0 Å². The largest absolute Gasteiger partial charge is 0.309 e. The smallest absolute Gasteiger partial charge is 0.194 e. The minimum absolute atomic E-state index is 0.615. The third-order valence-corrected chi connectivity index (χ3v) is 25.1. The minimum atomic E-state index is 0.615. The van der Waals surface area contributed by atoms with E-state index in [1.165, 1.54) is 98.0 Å². The zero-order chi connectivity index (χ0) is 85.5. The molecular formula is C118H72N10. The maximum atomic E-state index is 9.64. The quantitative estimate of drug-likeness (QED) is 0.127. The Labute approximate surface area is 736 Å². The van der Waals surface area contributed by atoms with Gasteiger partial charge in [-0.2, -0.15) is 15.8 Å². The molecule has 25 rings (SSSR count). The zero-order valence-electron chi connectivity index (χ0n) is 69.0. The Balaban J connectivity index is 0.000000110. The highest BCUT2D eigenvalue weighted by Gasteiger charge is 2.24. The second-order valence-corrected chi connectivity index (χ2v) is 32.4. The molecule has 0 atom stereocenters. The maximum absolute atomic E-state index is 9.64. The van der Waals surface area contributed by atoms with Crippen molar-refractivity contribution in [1.82, 2.24) is 27.4 Å². The molecule has 0 aliphatic heterocycles. The van der Waals surface area contributed by atoms with Crippen molar-refractivity contribution in [2.24, 2.45) is 0 Å². The number of nitriles is 3. The fourth-order valence-electron chi connectivity index (χ4n) is 19.6. The first kappa shape index (κ1) is 75.0. The van der Waals surface area contributed by atoms with Gasteiger partial charge in [-0.3, -0.25) is 0 Å². The van der Waals surface area contributed by atoms with Crippen molar-refractivity contribution in [2.45, 2.75) is 0 Å². The summed E-state index contributed by atoms with van der Waals surface area (Å²) in [6, 6.07) is 160. The zero-order valence-corrected chi connectivity index (χ0v) is 69.0. The van der Waals surface area contributed by atoms with Crippen LogP contribution in [0.3, 0.4) is 0 Å². The van der Waals surface area contributed by atoms with Gasteiger partial charge in [0.25, 0.3) is 0 Å². The van der Waals surface area contributed by atoms with Crippen molar-refractivity contribution in [3.8, 4) is 96.8 Å². The van der Waals surface area contributed by atoms with E-state index in [-0.39, 0.29) is 0 Å². The average Bonchev–Trinajstić information content (AvgIpc) is 1.60. The molecule has 0 radical (unpaired) electrons. The van der Waals surface area contributed by atoms with Gasteiger partial charge in [0.1, 0.15) is 0 Å². The Hall–Kier alpha value is -18.1. The van der Waals surface area contributed by atoms with Crippen LogP contribution in [0, 0.1) is 40.6 Å². The molecule has 0 saturated heterocycles. The summed E-state index contributed by atoms with van der Waals surface area (Å²) in [5, 5.41) is 43.2. The topological polar surface area (TPSA) is 105 Å². The van der Waals surface area contributed by atoms with Crippen molar-refractivity contribution in [1.29, 1.82) is 15.8 Å². The van der Waals surface area contributed by atoms with Crippen molar-refractivity contribution in [2.75, 3.05) is 0 Å². The number of nitrogens with zero attached hydrogens (tertiary/aromatic N) is 10. The van der Waals surface area contributed by atoms with Crippen LogP contribution in [0.15, 0.2) is 437 Å².